The first-order valence-corrected chi connectivity index (χ1v) is 6.98. The van der Waals surface area contributed by atoms with E-state index in [1.807, 2.05) is 6.07 Å². The van der Waals surface area contributed by atoms with Crippen LogP contribution in [0.25, 0.3) is 10.8 Å². The lowest BCUT2D eigenvalue weighted by Gasteiger charge is -2.14. The Labute approximate surface area is 115 Å². The molecule has 0 aromatic heterocycles. The molecule has 0 radical (unpaired) electrons. The van der Waals surface area contributed by atoms with Gasteiger partial charge in [-0.05, 0) is 46.7 Å². The summed E-state index contributed by atoms with van der Waals surface area (Å²) in [5, 5.41) is 2.39. The van der Waals surface area contributed by atoms with Crippen molar-refractivity contribution in [2.24, 2.45) is 0 Å². The highest BCUT2D eigenvalue weighted by atomic mass is 16.1. The predicted octanol–water partition coefficient (Wildman–Crippen LogP) is 5.29. The highest BCUT2D eigenvalue weighted by molar-refractivity contribution is 6.00. The maximum atomic E-state index is 11.8. The lowest BCUT2D eigenvalue weighted by Crippen LogP contribution is -2.01. The molecule has 2 aromatic rings. The van der Waals surface area contributed by atoms with Gasteiger partial charge >= 0.3 is 0 Å². The van der Waals surface area contributed by atoms with Gasteiger partial charge in [-0.15, -0.1) is 0 Å². The molecule has 0 amide bonds. The van der Waals surface area contributed by atoms with E-state index in [1.165, 1.54) is 10.9 Å². The van der Waals surface area contributed by atoms with E-state index in [1.54, 1.807) is 6.92 Å². The number of Topliss-reactive ketones (excluding diaryl/α,β-unsaturated/α-hetero) is 1. The molecule has 0 spiro atoms. The van der Waals surface area contributed by atoms with Crippen LogP contribution in [0.1, 0.15) is 67.9 Å². The number of rotatable bonds is 3. The van der Waals surface area contributed by atoms with Gasteiger partial charge in [-0.2, -0.15) is 0 Å². The van der Waals surface area contributed by atoms with Crippen molar-refractivity contribution in [3.63, 3.8) is 0 Å². The second-order valence-corrected chi connectivity index (χ2v) is 5.91. The van der Waals surface area contributed by atoms with Crippen molar-refractivity contribution in [2.75, 3.05) is 0 Å². The topological polar surface area (TPSA) is 17.1 Å². The standard InChI is InChI=1S/C18H22O/c1-11(2)14-6-7-15-9-18(13(5)19)17(12(3)4)10-16(15)8-14/h6-12H,1-5H3. The quantitative estimate of drug-likeness (QED) is 0.680. The number of benzene rings is 2. The maximum Gasteiger partial charge on any atom is 0.160 e. The van der Waals surface area contributed by atoms with Crippen molar-refractivity contribution in [1.29, 1.82) is 0 Å². The van der Waals surface area contributed by atoms with E-state index in [2.05, 4.69) is 52.0 Å². The summed E-state index contributed by atoms with van der Waals surface area (Å²) < 4.78 is 0. The first-order valence-electron chi connectivity index (χ1n) is 6.98. The molecule has 0 N–H and O–H groups in total. The van der Waals surface area contributed by atoms with E-state index in [4.69, 9.17) is 0 Å². The van der Waals surface area contributed by atoms with Gasteiger partial charge in [-0.1, -0.05) is 52.0 Å². The van der Waals surface area contributed by atoms with Crippen molar-refractivity contribution in [2.45, 2.75) is 46.5 Å². The number of fused-ring (bicyclic) bond motifs is 1. The fourth-order valence-corrected chi connectivity index (χ4v) is 2.48. The van der Waals surface area contributed by atoms with Gasteiger partial charge in [0.15, 0.2) is 5.78 Å². The van der Waals surface area contributed by atoms with Gasteiger partial charge in [0, 0.05) is 5.56 Å². The number of ketones is 1. The Morgan fingerprint density at radius 2 is 1.58 bits per heavy atom. The van der Waals surface area contributed by atoms with Gasteiger partial charge in [0.05, 0.1) is 0 Å². The molecule has 0 fully saturated rings. The Bertz CT molecular complexity index is 621. The zero-order chi connectivity index (χ0) is 14.2. The normalized spacial score (nSPS) is 11.5. The number of hydrogen-bond donors (Lipinski definition) is 0. The van der Waals surface area contributed by atoms with Gasteiger partial charge in [0.2, 0.25) is 0 Å². The SMILES string of the molecule is CC(=O)c1cc2ccc(C(C)C)cc2cc1C(C)C. The third kappa shape index (κ3) is 2.70. The lowest BCUT2D eigenvalue weighted by molar-refractivity contribution is 0.101. The number of carbonyl (C=O) groups is 1. The second kappa shape index (κ2) is 5.16. The third-order valence-electron chi connectivity index (χ3n) is 3.70. The van der Waals surface area contributed by atoms with Crippen molar-refractivity contribution >= 4 is 16.6 Å². The van der Waals surface area contributed by atoms with Gasteiger partial charge < -0.3 is 0 Å². The largest absolute Gasteiger partial charge is 0.295 e. The fraction of sp³-hybridized carbons (Fsp3) is 0.389. The van der Waals surface area contributed by atoms with E-state index in [0.717, 1.165) is 16.5 Å². The highest BCUT2D eigenvalue weighted by Gasteiger charge is 2.12. The molecule has 19 heavy (non-hydrogen) atoms. The first-order chi connectivity index (χ1) is 8.90. The van der Waals surface area contributed by atoms with Gasteiger partial charge in [-0.3, -0.25) is 4.79 Å². The average Bonchev–Trinajstić information content (AvgIpc) is 2.36. The smallest absolute Gasteiger partial charge is 0.160 e. The van der Waals surface area contributed by atoms with Crippen LogP contribution < -0.4 is 0 Å². The van der Waals surface area contributed by atoms with Crippen molar-refractivity contribution in [3.05, 3.63) is 47.0 Å². The van der Waals surface area contributed by atoms with E-state index in [0.29, 0.717) is 11.8 Å². The molecule has 0 aliphatic rings. The van der Waals surface area contributed by atoms with Gasteiger partial charge in [0.1, 0.15) is 0 Å². The molecule has 0 saturated heterocycles. The molecule has 0 heterocycles. The summed E-state index contributed by atoms with van der Waals surface area (Å²) in [5.41, 5.74) is 3.36. The molecule has 100 valence electrons. The zero-order valence-electron chi connectivity index (χ0n) is 12.4. The first kappa shape index (κ1) is 13.8. The van der Waals surface area contributed by atoms with Crippen LogP contribution in [0.2, 0.25) is 0 Å². The monoisotopic (exact) mass is 254 g/mol. The Hall–Kier alpha value is -1.63. The minimum absolute atomic E-state index is 0.151. The fourth-order valence-electron chi connectivity index (χ4n) is 2.48. The molecule has 0 unspecified atom stereocenters. The van der Waals surface area contributed by atoms with Crippen LogP contribution in [0.5, 0.6) is 0 Å². The summed E-state index contributed by atoms with van der Waals surface area (Å²) in [6.45, 7) is 10.3. The lowest BCUT2D eigenvalue weighted by atomic mass is 9.90. The van der Waals surface area contributed by atoms with Crippen LogP contribution in [-0.2, 0) is 0 Å². The Kier molecular flexibility index (Phi) is 3.75. The van der Waals surface area contributed by atoms with E-state index in [-0.39, 0.29) is 5.78 Å². The summed E-state index contributed by atoms with van der Waals surface area (Å²) in [6, 6.07) is 10.8. The second-order valence-electron chi connectivity index (χ2n) is 5.91. The molecular weight excluding hydrogens is 232 g/mol. The van der Waals surface area contributed by atoms with Crippen LogP contribution in [0.4, 0.5) is 0 Å². The Morgan fingerprint density at radius 1 is 0.895 bits per heavy atom. The van der Waals surface area contributed by atoms with E-state index >= 15 is 0 Å². The summed E-state index contributed by atoms with van der Waals surface area (Å²) in [7, 11) is 0. The minimum Gasteiger partial charge on any atom is -0.295 e. The summed E-state index contributed by atoms with van der Waals surface area (Å²) >= 11 is 0. The summed E-state index contributed by atoms with van der Waals surface area (Å²) in [5.74, 6) is 1.05. The summed E-state index contributed by atoms with van der Waals surface area (Å²) in [4.78, 5) is 11.8. The average molecular weight is 254 g/mol. The molecule has 0 aliphatic carbocycles. The molecule has 2 aromatic carbocycles. The zero-order valence-corrected chi connectivity index (χ0v) is 12.4. The van der Waals surface area contributed by atoms with Crippen LogP contribution in [0.3, 0.4) is 0 Å². The molecule has 0 aliphatic heterocycles. The number of carbonyl (C=O) groups excluding carboxylic acids is 1. The van der Waals surface area contributed by atoms with Crippen molar-refractivity contribution in [1.82, 2.24) is 0 Å². The molecular formula is C18H22O. The molecule has 1 heteroatoms. The number of hydrogen-bond acceptors (Lipinski definition) is 1. The van der Waals surface area contributed by atoms with Crippen LogP contribution in [0, 0.1) is 0 Å². The molecule has 2 rings (SSSR count). The molecule has 0 bridgehead atoms. The van der Waals surface area contributed by atoms with E-state index < -0.39 is 0 Å². The predicted molar refractivity (Wildman–Crippen MR) is 82.1 cm³/mol. The van der Waals surface area contributed by atoms with Crippen molar-refractivity contribution in [3.8, 4) is 0 Å². The molecule has 0 atom stereocenters. The van der Waals surface area contributed by atoms with Crippen LogP contribution in [0.15, 0.2) is 30.3 Å². The summed E-state index contributed by atoms with van der Waals surface area (Å²) in [6.07, 6.45) is 0. The maximum absolute atomic E-state index is 11.8. The van der Waals surface area contributed by atoms with E-state index in [9.17, 15) is 4.79 Å². The molecule has 1 nitrogen and oxygen atoms in total. The highest BCUT2D eigenvalue weighted by Crippen LogP contribution is 2.28. The third-order valence-corrected chi connectivity index (χ3v) is 3.70. The molecule has 0 saturated carbocycles. The van der Waals surface area contributed by atoms with Crippen LogP contribution >= 0.6 is 0 Å². The minimum atomic E-state index is 0.151. The van der Waals surface area contributed by atoms with Crippen molar-refractivity contribution < 1.29 is 4.79 Å². The Balaban J connectivity index is 2.70. The van der Waals surface area contributed by atoms with Crippen LogP contribution in [-0.4, -0.2) is 5.78 Å². The van der Waals surface area contributed by atoms with Gasteiger partial charge in [-0.25, -0.2) is 0 Å². The Morgan fingerprint density at radius 3 is 2.11 bits per heavy atom. The van der Waals surface area contributed by atoms with Gasteiger partial charge in [0.25, 0.3) is 0 Å².